The van der Waals surface area contributed by atoms with Gasteiger partial charge in [0.25, 0.3) is 0 Å². The number of thioether (sulfide) groups is 1. The van der Waals surface area contributed by atoms with Crippen LogP contribution in [-0.4, -0.2) is 55.5 Å². The Hall–Kier alpha value is -0.424. The largest absolute Gasteiger partial charge is 1.00 e. The fourth-order valence-electron chi connectivity index (χ4n) is 4.47. The second-order valence-corrected chi connectivity index (χ2v) is 10.0. The molecule has 2 amide bonds. The van der Waals surface area contributed by atoms with E-state index >= 15 is 0 Å². The summed E-state index contributed by atoms with van der Waals surface area (Å²) in [5.41, 5.74) is 0.114. The Labute approximate surface area is 211 Å². The van der Waals surface area contributed by atoms with Gasteiger partial charge in [0.05, 0.1) is 17.7 Å². The van der Waals surface area contributed by atoms with E-state index in [1.54, 1.807) is 18.7 Å². The summed E-state index contributed by atoms with van der Waals surface area (Å²) in [6.07, 6.45) is 0. The van der Waals surface area contributed by atoms with Crippen LogP contribution >= 0.6 is 11.8 Å². The third-order valence-corrected chi connectivity index (χ3v) is 7.19. The molecule has 0 spiro atoms. The van der Waals surface area contributed by atoms with Crippen LogP contribution in [0.1, 0.15) is 39.3 Å². The molecule has 144 valence electrons. The number of rotatable bonds is 3. The fourth-order valence-corrected chi connectivity index (χ4v) is 6.13. The molecule has 4 rings (SSSR count). The van der Waals surface area contributed by atoms with E-state index in [2.05, 4.69) is 5.32 Å². The van der Waals surface area contributed by atoms with Crippen LogP contribution < -0.4 is 61.8 Å². The zero-order valence-electron chi connectivity index (χ0n) is 16.6. The number of aliphatic carboxylic acids is 1. The summed E-state index contributed by atoms with van der Waals surface area (Å²) in [7, 11) is 0. The number of nitrogens with zero attached hydrogens (tertiary/aromatic N) is 2. The monoisotopic (exact) mass is 427 g/mol. The van der Waals surface area contributed by atoms with Gasteiger partial charge in [-0.05, 0) is 33.3 Å². The Morgan fingerprint density at radius 1 is 1.11 bits per heavy atom. The van der Waals surface area contributed by atoms with E-state index in [-0.39, 0.29) is 68.6 Å². The van der Waals surface area contributed by atoms with Gasteiger partial charge in [-0.25, -0.2) is 0 Å². The van der Waals surface area contributed by atoms with E-state index < -0.39 is 34.5 Å². The number of carboxylic acids is 1. The normalized spacial score (nSPS) is 32.6. The number of fused-ring (bicyclic) bond motifs is 1. The third-order valence-electron chi connectivity index (χ3n) is 5.63. The minimum atomic E-state index is -1.26. The predicted octanol–water partition coefficient (Wildman–Crippen LogP) is -2.92. The summed E-state index contributed by atoms with van der Waals surface area (Å²) in [5.74, 6) is -1.75. The van der Waals surface area contributed by atoms with Crippen molar-refractivity contribution >= 4 is 29.5 Å². The topological polar surface area (TPSA) is 92.8 Å². The molecule has 3 aliphatic rings. The van der Waals surface area contributed by atoms with Crippen LogP contribution in [0.4, 0.5) is 0 Å². The van der Waals surface area contributed by atoms with Gasteiger partial charge in [-0.15, -0.1) is 11.8 Å². The van der Waals surface area contributed by atoms with Gasteiger partial charge in [0.1, 0.15) is 17.5 Å². The third kappa shape index (κ3) is 3.19. The van der Waals surface area contributed by atoms with Crippen LogP contribution in [0.3, 0.4) is 0 Å². The van der Waals surface area contributed by atoms with Crippen molar-refractivity contribution in [2.75, 3.05) is 0 Å². The first-order valence-corrected chi connectivity index (χ1v) is 9.81. The fraction of sp³-hybridized carbons (Fsp3) is 0.526. The van der Waals surface area contributed by atoms with Crippen molar-refractivity contribution in [3.63, 3.8) is 0 Å². The maximum atomic E-state index is 13.2. The van der Waals surface area contributed by atoms with Gasteiger partial charge in [-0.1, -0.05) is 30.3 Å². The Bertz CT molecular complexity index is 832. The predicted molar refractivity (Wildman–Crippen MR) is 98.1 cm³/mol. The zero-order chi connectivity index (χ0) is 19.7. The van der Waals surface area contributed by atoms with Crippen LogP contribution in [-0.2, 0) is 14.4 Å². The Morgan fingerprint density at radius 3 is 2.29 bits per heavy atom. The molecule has 3 saturated heterocycles. The quantitative estimate of drug-likeness (QED) is 0.411. The van der Waals surface area contributed by atoms with Gasteiger partial charge in [-0.3, -0.25) is 14.9 Å². The van der Waals surface area contributed by atoms with Crippen LogP contribution in [0.15, 0.2) is 30.3 Å². The van der Waals surface area contributed by atoms with Crippen molar-refractivity contribution in [1.29, 1.82) is 0 Å². The molecule has 1 aromatic rings. The maximum Gasteiger partial charge on any atom is 1.00 e. The summed E-state index contributed by atoms with van der Waals surface area (Å²) in [5, 5.41) is 14.5. The van der Waals surface area contributed by atoms with Crippen molar-refractivity contribution in [2.24, 2.45) is 0 Å². The molecule has 1 aromatic carbocycles. The minimum Gasteiger partial charge on any atom is -0.548 e. The van der Waals surface area contributed by atoms with Crippen LogP contribution in [0.25, 0.3) is 0 Å². The molecule has 0 aliphatic carbocycles. The second kappa shape index (κ2) is 7.37. The number of amides is 2. The SMILES string of the molecule is CC1(C)S[C@@H]2[C@H](N3C(=O)[C@@H](c4ccccc4)NC3(C)C)C(=O)N2[C@H]1C(=O)[O-].[K+]. The van der Waals surface area contributed by atoms with E-state index in [1.807, 2.05) is 44.2 Å². The number of hydrogen-bond acceptors (Lipinski definition) is 6. The number of benzene rings is 1. The van der Waals surface area contributed by atoms with Crippen molar-refractivity contribution in [2.45, 2.75) is 61.6 Å². The van der Waals surface area contributed by atoms with E-state index in [0.29, 0.717) is 0 Å². The first-order valence-electron chi connectivity index (χ1n) is 8.93. The molecular formula is C19H22KN3O4S. The Balaban J connectivity index is 0.00000225. The molecule has 0 saturated carbocycles. The first kappa shape index (κ1) is 22.3. The molecule has 0 unspecified atom stereocenters. The summed E-state index contributed by atoms with van der Waals surface area (Å²) in [6, 6.07) is 7.19. The van der Waals surface area contributed by atoms with E-state index in [9.17, 15) is 19.5 Å². The van der Waals surface area contributed by atoms with Crippen molar-refractivity contribution in [3.8, 4) is 0 Å². The van der Waals surface area contributed by atoms with E-state index in [4.69, 9.17) is 0 Å². The summed E-state index contributed by atoms with van der Waals surface area (Å²) in [4.78, 5) is 40.7. The molecule has 0 aromatic heterocycles. The molecule has 0 radical (unpaired) electrons. The molecule has 1 N–H and O–H groups in total. The smallest absolute Gasteiger partial charge is 0.548 e. The molecular weight excluding hydrogens is 405 g/mol. The van der Waals surface area contributed by atoms with E-state index in [1.165, 1.54) is 16.7 Å². The molecule has 28 heavy (non-hydrogen) atoms. The zero-order valence-corrected chi connectivity index (χ0v) is 20.6. The first-order chi connectivity index (χ1) is 12.6. The summed E-state index contributed by atoms with van der Waals surface area (Å²) >= 11 is 1.42. The van der Waals surface area contributed by atoms with Crippen molar-refractivity contribution < 1.29 is 70.9 Å². The molecule has 9 heteroatoms. The maximum absolute atomic E-state index is 13.2. The minimum absolute atomic E-state index is 0. The molecule has 3 fully saturated rings. The number of β-lactam (4-membered cyclic amide) rings is 1. The van der Waals surface area contributed by atoms with Crippen LogP contribution in [0.5, 0.6) is 0 Å². The molecule has 4 atom stereocenters. The summed E-state index contributed by atoms with van der Waals surface area (Å²) in [6.45, 7) is 7.32. The number of hydrogen-bond donors (Lipinski definition) is 1. The van der Waals surface area contributed by atoms with Crippen LogP contribution in [0.2, 0.25) is 0 Å². The number of carbonyl (C=O) groups excluding carboxylic acids is 3. The number of carboxylic acid groups (broad SMARTS) is 1. The van der Waals surface area contributed by atoms with Gasteiger partial charge >= 0.3 is 51.4 Å². The molecule has 3 aliphatic heterocycles. The van der Waals surface area contributed by atoms with Gasteiger partial charge in [0.2, 0.25) is 11.8 Å². The number of carbonyl (C=O) groups is 3. The van der Waals surface area contributed by atoms with Crippen molar-refractivity contribution in [3.05, 3.63) is 35.9 Å². The van der Waals surface area contributed by atoms with Gasteiger partial charge in [-0.2, -0.15) is 0 Å². The Morgan fingerprint density at radius 2 is 1.71 bits per heavy atom. The van der Waals surface area contributed by atoms with Crippen LogP contribution in [0, 0.1) is 0 Å². The molecule has 0 bridgehead atoms. The summed E-state index contributed by atoms with van der Waals surface area (Å²) < 4.78 is -0.674. The Kier molecular flexibility index (Phi) is 5.86. The number of nitrogens with one attached hydrogen (secondary N) is 1. The van der Waals surface area contributed by atoms with E-state index in [0.717, 1.165) is 5.56 Å². The van der Waals surface area contributed by atoms with Crippen molar-refractivity contribution in [1.82, 2.24) is 15.1 Å². The average Bonchev–Trinajstić information content (AvgIpc) is 2.98. The standard InChI is InChI=1S/C19H23N3O4S.K/c1-18(2)13(17(25)26)21-15(24)12(16(21)27-18)22-14(23)11(20-19(22,3)4)10-8-6-5-7-9-10;/h5-9,11-13,16,20H,1-4H3,(H,25,26);/q;+1/p-1/t11-,12-,13+,16-;/m1./s1. The second-order valence-electron chi connectivity index (χ2n) is 8.28. The molecule has 7 nitrogen and oxygen atoms in total. The van der Waals surface area contributed by atoms with Gasteiger partial charge in [0.15, 0.2) is 0 Å². The van der Waals surface area contributed by atoms with Gasteiger partial charge < -0.3 is 19.7 Å². The van der Waals surface area contributed by atoms with Gasteiger partial charge in [0, 0.05) is 4.75 Å². The molecule has 3 heterocycles. The average molecular weight is 428 g/mol.